The molecular weight excluding hydrogens is 392 g/mol. The van der Waals surface area contributed by atoms with Gasteiger partial charge in [-0.2, -0.15) is 0 Å². The highest BCUT2D eigenvalue weighted by molar-refractivity contribution is 5.29. The van der Waals surface area contributed by atoms with Crippen LogP contribution in [-0.2, 0) is 0 Å². The number of aliphatic hydroxyl groups is 2. The van der Waals surface area contributed by atoms with Gasteiger partial charge in [0.05, 0.1) is 11.2 Å². The number of rotatable bonds is 5. The van der Waals surface area contributed by atoms with Crippen molar-refractivity contribution in [1.82, 2.24) is 0 Å². The summed E-state index contributed by atoms with van der Waals surface area (Å²) < 4.78 is 0. The van der Waals surface area contributed by atoms with Crippen molar-refractivity contribution in [2.75, 3.05) is 0 Å². The highest BCUT2D eigenvalue weighted by Gasteiger charge is 2.64. The van der Waals surface area contributed by atoms with Crippen molar-refractivity contribution < 1.29 is 10.2 Å². The van der Waals surface area contributed by atoms with Crippen molar-refractivity contribution in [2.24, 2.45) is 45.8 Å². The molecule has 0 aromatic carbocycles. The molecule has 4 rings (SSSR count). The Bertz CT molecular complexity index is 748. The zero-order valence-electron chi connectivity index (χ0n) is 22.4. The SMILES string of the molecule is CC(C)C(C)(O)CC[C@@H](C)[C@H]1CC[C@@H]2[C@]1(C)CC[C@H]1[C@@]2(C)CC=C2C[C@@](C)(O)CC[C@@]21C. The molecule has 0 bridgehead atoms. The van der Waals surface area contributed by atoms with E-state index >= 15 is 0 Å². The first-order chi connectivity index (χ1) is 14.7. The van der Waals surface area contributed by atoms with Crippen LogP contribution in [0.4, 0.5) is 0 Å². The molecule has 0 heterocycles. The summed E-state index contributed by atoms with van der Waals surface area (Å²) in [6.07, 6.45) is 14.3. The quantitative estimate of drug-likeness (QED) is 0.430. The summed E-state index contributed by atoms with van der Waals surface area (Å²) in [4.78, 5) is 0. The van der Waals surface area contributed by atoms with Crippen LogP contribution in [-0.4, -0.2) is 21.4 Å². The zero-order chi connectivity index (χ0) is 23.7. The Labute approximate surface area is 198 Å². The molecule has 3 saturated carbocycles. The minimum atomic E-state index is -0.543. The molecule has 0 spiro atoms. The normalized spacial score (nSPS) is 49.0. The summed E-state index contributed by atoms with van der Waals surface area (Å²) in [6, 6.07) is 0. The van der Waals surface area contributed by atoms with Gasteiger partial charge >= 0.3 is 0 Å². The van der Waals surface area contributed by atoms with Crippen molar-refractivity contribution in [3.63, 3.8) is 0 Å². The minimum Gasteiger partial charge on any atom is -0.390 e. The average molecular weight is 445 g/mol. The molecule has 0 aromatic rings. The molecule has 4 aliphatic carbocycles. The standard InChI is InChI=1S/C30H52O2/c1-20(2)30(8,32)16-11-21(3)23-9-10-24-28(23,6)15-13-25-27(5)18-17-26(4,31)19-22(27)12-14-29(24,25)7/h12,20-21,23-25,31-32H,9-11,13-19H2,1-8H3/t21-,23-,24-,25-,26+,27+,28-,29+,30?/m1/s1. The van der Waals surface area contributed by atoms with Crippen LogP contribution in [0.5, 0.6) is 0 Å². The van der Waals surface area contributed by atoms with Gasteiger partial charge in [0, 0.05) is 0 Å². The first-order valence-electron chi connectivity index (χ1n) is 13.8. The smallest absolute Gasteiger partial charge is 0.0657 e. The maximum Gasteiger partial charge on any atom is 0.0657 e. The summed E-state index contributed by atoms with van der Waals surface area (Å²) in [7, 11) is 0. The van der Waals surface area contributed by atoms with Crippen molar-refractivity contribution in [1.29, 1.82) is 0 Å². The van der Waals surface area contributed by atoms with E-state index in [9.17, 15) is 10.2 Å². The van der Waals surface area contributed by atoms with Gasteiger partial charge in [-0.3, -0.25) is 0 Å². The fraction of sp³-hybridized carbons (Fsp3) is 0.933. The molecule has 9 atom stereocenters. The third-order valence-corrected chi connectivity index (χ3v) is 12.1. The number of allylic oxidation sites excluding steroid dienone is 1. The van der Waals surface area contributed by atoms with Crippen LogP contribution in [0, 0.1) is 45.8 Å². The molecule has 2 heteroatoms. The van der Waals surface area contributed by atoms with Gasteiger partial charge in [-0.25, -0.2) is 0 Å². The van der Waals surface area contributed by atoms with Gasteiger partial charge in [-0.1, -0.05) is 53.2 Å². The van der Waals surface area contributed by atoms with Crippen molar-refractivity contribution in [3.05, 3.63) is 11.6 Å². The molecule has 2 nitrogen and oxygen atoms in total. The third kappa shape index (κ3) is 3.74. The number of hydrogen-bond donors (Lipinski definition) is 2. The molecular formula is C30H52O2. The summed E-state index contributed by atoms with van der Waals surface area (Å²) in [5, 5.41) is 21.6. The van der Waals surface area contributed by atoms with Crippen molar-refractivity contribution >= 4 is 0 Å². The molecule has 0 amide bonds. The molecule has 3 fully saturated rings. The highest BCUT2D eigenvalue weighted by atomic mass is 16.3. The van der Waals surface area contributed by atoms with Crippen molar-refractivity contribution in [3.8, 4) is 0 Å². The lowest BCUT2D eigenvalue weighted by atomic mass is 9.41. The fourth-order valence-corrected chi connectivity index (χ4v) is 9.45. The van der Waals surface area contributed by atoms with E-state index in [0.29, 0.717) is 22.7 Å². The molecule has 0 aliphatic heterocycles. The minimum absolute atomic E-state index is 0.288. The van der Waals surface area contributed by atoms with Gasteiger partial charge in [-0.05, 0) is 124 Å². The van der Waals surface area contributed by atoms with E-state index in [1.54, 1.807) is 5.57 Å². The van der Waals surface area contributed by atoms with Gasteiger partial charge in [-0.15, -0.1) is 0 Å². The van der Waals surface area contributed by atoms with E-state index in [1.807, 2.05) is 13.8 Å². The number of hydrogen-bond acceptors (Lipinski definition) is 2. The van der Waals surface area contributed by atoms with Crippen LogP contribution in [0.1, 0.15) is 120 Å². The Hall–Kier alpha value is -0.340. The van der Waals surface area contributed by atoms with E-state index in [2.05, 4.69) is 47.6 Å². The molecule has 0 aromatic heterocycles. The summed E-state index contributed by atoms with van der Waals surface area (Å²) >= 11 is 0. The molecule has 2 N–H and O–H groups in total. The second kappa shape index (κ2) is 7.84. The van der Waals surface area contributed by atoms with E-state index in [4.69, 9.17) is 0 Å². The van der Waals surface area contributed by atoms with Crippen LogP contribution in [0.25, 0.3) is 0 Å². The highest BCUT2D eigenvalue weighted by Crippen LogP contribution is 2.72. The molecule has 0 saturated heterocycles. The Kier molecular flexibility index (Phi) is 6.07. The summed E-state index contributed by atoms with van der Waals surface area (Å²) in [5.74, 6) is 3.36. The maximum absolute atomic E-state index is 10.8. The molecule has 0 radical (unpaired) electrons. The topological polar surface area (TPSA) is 40.5 Å². The van der Waals surface area contributed by atoms with Crippen LogP contribution >= 0.6 is 0 Å². The predicted octanol–water partition coefficient (Wildman–Crippen LogP) is 7.53. The predicted molar refractivity (Wildman–Crippen MR) is 134 cm³/mol. The van der Waals surface area contributed by atoms with Crippen LogP contribution in [0.15, 0.2) is 11.6 Å². The number of fused-ring (bicyclic) bond motifs is 5. The first kappa shape index (κ1) is 24.8. The Morgan fingerprint density at radius 2 is 1.66 bits per heavy atom. The average Bonchev–Trinajstić information content (AvgIpc) is 3.05. The third-order valence-electron chi connectivity index (χ3n) is 12.1. The summed E-state index contributed by atoms with van der Waals surface area (Å²) in [5.41, 5.74) is 1.64. The van der Waals surface area contributed by atoms with Gasteiger partial charge in [0.1, 0.15) is 0 Å². The van der Waals surface area contributed by atoms with Gasteiger partial charge in [0.25, 0.3) is 0 Å². The lowest BCUT2D eigenvalue weighted by Crippen LogP contribution is -2.57. The van der Waals surface area contributed by atoms with Crippen LogP contribution < -0.4 is 0 Å². The Morgan fingerprint density at radius 3 is 2.31 bits per heavy atom. The van der Waals surface area contributed by atoms with Gasteiger partial charge in [0.15, 0.2) is 0 Å². The Balaban J connectivity index is 1.55. The van der Waals surface area contributed by atoms with E-state index < -0.39 is 11.2 Å². The van der Waals surface area contributed by atoms with Crippen molar-refractivity contribution in [2.45, 2.75) is 131 Å². The maximum atomic E-state index is 10.8. The lowest BCUT2D eigenvalue weighted by molar-refractivity contribution is -0.121. The zero-order valence-corrected chi connectivity index (χ0v) is 22.4. The van der Waals surface area contributed by atoms with E-state index in [1.165, 1.54) is 32.1 Å². The second-order valence-corrected chi connectivity index (χ2v) is 14.4. The van der Waals surface area contributed by atoms with Crippen LogP contribution in [0.2, 0.25) is 0 Å². The van der Waals surface area contributed by atoms with E-state index in [-0.39, 0.29) is 5.41 Å². The second-order valence-electron chi connectivity index (χ2n) is 14.4. The van der Waals surface area contributed by atoms with Gasteiger partial charge < -0.3 is 10.2 Å². The monoisotopic (exact) mass is 444 g/mol. The molecule has 1 unspecified atom stereocenters. The molecule has 32 heavy (non-hydrogen) atoms. The largest absolute Gasteiger partial charge is 0.390 e. The van der Waals surface area contributed by atoms with Crippen LogP contribution in [0.3, 0.4) is 0 Å². The molecule has 184 valence electrons. The fourth-order valence-electron chi connectivity index (χ4n) is 9.45. The molecule has 4 aliphatic rings. The summed E-state index contributed by atoms with van der Waals surface area (Å²) in [6.45, 7) is 18.7. The first-order valence-corrected chi connectivity index (χ1v) is 13.8. The van der Waals surface area contributed by atoms with E-state index in [0.717, 1.165) is 49.9 Å². The van der Waals surface area contributed by atoms with Gasteiger partial charge in [0.2, 0.25) is 0 Å². The lowest BCUT2D eigenvalue weighted by Gasteiger charge is -2.64. The Morgan fingerprint density at radius 1 is 0.969 bits per heavy atom.